The molecule has 0 atom stereocenters. The van der Waals surface area contributed by atoms with Gasteiger partial charge in [-0.15, -0.1) is 0 Å². The molecule has 1 N–H and O–H groups in total. The molecule has 11 heteroatoms. The first-order valence-corrected chi connectivity index (χ1v) is 11.7. The maximum atomic E-state index is 12.9. The van der Waals surface area contributed by atoms with Crippen LogP contribution >= 0.6 is 23.2 Å². The largest absolute Gasteiger partial charge is 0.377 e. The van der Waals surface area contributed by atoms with Crippen LogP contribution < -0.4 is 10.2 Å². The summed E-state index contributed by atoms with van der Waals surface area (Å²) in [7, 11) is -3.68. The highest BCUT2D eigenvalue weighted by molar-refractivity contribution is 7.89. The van der Waals surface area contributed by atoms with Crippen molar-refractivity contribution in [3.8, 4) is 0 Å². The number of piperazine rings is 1. The fourth-order valence-electron chi connectivity index (χ4n) is 3.42. The molecule has 2 aliphatic rings. The van der Waals surface area contributed by atoms with Crippen LogP contribution in [0, 0.1) is 10.1 Å². The van der Waals surface area contributed by atoms with E-state index in [9.17, 15) is 18.5 Å². The lowest BCUT2D eigenvalue weighted by Crippen LogP contribution is -2.48. The quantitative estimate of drug-likeness (QED) is 0.506. The first-order valence-electron chi connectivity index (χ1n) is 9.51. The molecule has 0 bridgehead atoms. The predicted molar refractivity (Wildman–Crippen MR) is 117 cm³/mol. The highest BCUT2D eigenvalue weighted by atomic mass is 35.5. The standard InChI is InChI=1S/C19H20Cl2N4O4S/c20-16-5-4-15(12-17(16)21)30(28,29)24-9-7-23(8-10-24)14-3-6-19(25(26)27)18(11-14)22-13-1-2-13/h3-6,11-13,22H,1-2,7-10H2. The molecule has 0 amide bonds. The number of nitro groups is 1. The Kier molecular flexibility index (Phi) is 5.80. The summed E-state index contributed by atoms with van der Waals surface area (Å²) < 4.78 is 27.2. The Bertz CT molecular complexity index is 1080. The SMILES string of the molecule is O=[N+]([O-])c1ccc(N2CCN(S(=O)(=O)c3ccc(Cl)c(Cl)c3)CC2)cc1NC1CC1. The first-order chi connectivity index (χ1) is 14.3. The molecule has 160 valence electrons. The molecule has 0 unspecified atom stereocenters. The number of anilines is 2. The van der Waals surface area contributed by atoms with Gasteiger partial charge in [0.1, 0.15) is 5.69 Å². The maximum Gasteiger partial charge on any atom is 0.292 e. The monoisotopic (exact) mass is 470 g/mol. The van der Waals surface area contributed by atoms with Crippen molar-refractivity contribution in [3.05, 3.63) is 56.6 Å². The molecule has 0 spiro atoms. The van der Waals surface area contributed by atoms with Crippen LogP contribution in [0.5, 0.6) is 0 Å². The number of nitrogens with one attached hydrogen (secondary N) is 1. The van der Waals surface area contributed by atoms with Crippen LogP contribution in [0.4, 0.5) is 17.1 Å². The van der Waals surface area contributed by atoms with Gasteiger partial charge in [-0.25, -0.2) is 8.42 Å². The number of hydrogen-bond acceptors (Lipinski definition) is 6. The molecule has 1 aliphatic heterocycles. The molecule has 30 heavy (non-hydrogen) atoms. The molecular formula is C19H20Cl2N4O4S. The summed E-state index contributed by atoms with van der Waals surface area (Å²) in [5.74, 6) is 0. The Balaban J connectivity index is 1.49. The van der Waals surface area contributed by atoms with Crippen molar-refractivity contribution in [2.75, 3.05) is 36.4 Å². The molecule has 1 saturated carbocycles. The number of hydrogen-bond donors (Lipinski definition) is 1. The van der Waals surface area contributed by atoms with Crippen LogP contribution in [0.15, 0.2) is 41.3 Å². The van der Waals surface area contributed by atoms with Gasteiger partial charge in [-0.05, 0) is 43.2 Å². The zero-order chi connectivity index (χ0) is 21.5. The average molecular weight is 471 g/mol. The van der Waals surface area contributed by atoms with Crippen LogP contribution in [0.25, 0.3) is 0 Å². The summed E-state index contributed by atoms with van der Waals surface area (Å²) >= 11 is 11.9. The van der Waals surface area contributed by atoms with Crippen molar-refractivity contribution >= 4 is 50.3 Å². The van der Waals surface area contributed by atoms with Crippen LogP contribution in [0.3, 0.4) is 0 Å². The van der Waals surface area contributed by atoms with Gasteiger partial charge in [-0.2, -0.15) is 4.31 Å². The number of sulfonamides is 1. The molecule has 1 saturated heterocycles. The number of benzene rings is 2. The van der Waals surface area contributed by atoms with Crippen molar-refractivity contribution in [2.45, 2.75) is 23.8 Å². The van der Waals surface area contributed by atoms with E-state index < -0.39 is 14.9 Å². The fraction of sp³-hybridized carbons (Fsp3) is 0.368. The van der Waals surface area contributed by atoms with Gasteiger partial charge in [0.2, 0.25) is 10.0 Å². The first kappa shape index (κ1) is 21.2. The van der Waals surface area contributed by atoms with Crippen molar-refractivity contribution in [1.82, 2.24) is 4.31 Å². The van der Waals surface area contributed by atoms with E-state index in [2.05, 4.69) is 5.32 Å². The highest BCUT2D eigenvalue weighted by Crippen LogP contribution is 2.34. The Labute approximate surface area is 184 Å². The molecule has 8 nitrogen and oxygen atoms in total. The van der Waals surface area contributed by atoms with E-state index in [1.165, 1.54) is 28.6 Å². The minimum absolute atomic E-state index is 0.0477. The molecule has 1 aliphatic carbocycles. The molecule has 1 heterocycles. The molecular weight excluding hydrogens is 451 g/mol. The van der Waals surface area contributed by atoms with Crippen LogP contribution in [0.1, 0.15) is 12.8 Å². The highest BCUT2D eigenvalue weighted by Gasteiger charge is 2.30. The third kappa shape index (κ3) is 4.34. The summed E-state index contributed by atoms with van der Waals surface area (Å²) in [4.78, 5) is 13.1. The average Bonchev–Trinajstić information content (AvgIpc) is 3.54. The van der Waals surface area contributed by atoms with Gasteiger partial charge in [-0.1, -0.05) is 23.2 Å². The zero-order valence-electron chi connectivity index (χ0n) is 15.9. The Morgan fingerprint density at radius 3 is 2.30 bits per heavy atom. The van der Waals surface area contributed by atoms with Crippen molar-refractivity contribution < 1.29 is 13.3 Å². The molecule has 2 fully saturated rings. The van der Waals surface area contributed by atoms with E-state index in [1.807, 2.05) is 4.90 Å². The molecule has 0 aromatic heterocycles. The van der Waals surface area contributed by atoms with E-state index in [-0.39, 0.29) is 21.6 Å². The number of nitrogens with zero attached hydrogens (tertiary/aromatic N) is 3. The van der Waals surface area contributed by atoms with Gasteiger partial charge in [0.15, 0.2) is 0 Å². The Morgan fingerprint density at radius 1 is 1.00 bits per heavy atom. The van der Waals surface area contributed by atoms with Crippen molar-refractivity contribution in [1.29, 1.82) is 0 Å². The van der Waals surface area contributed by atoms with E-state index in [0.717, 1.165) is 18.5 Å². The third-order valence-electron chi connectivity index (χ3n) is 5.25. The van der Waals surface area contributed by atoms with Gasteiger partial charge in [0.05, 0.1) is 19.9 Å². The van der Waals surface area contributed by atoms with E-state index >= 15 is 0 Å². The molecule has 4 rings (SSSR count). The summed E-state index contributed by atoms with van der Waals surface area (Å²) in [5, 5.41) is 15.0. The maximum absolute atomic E-state index is 12.9. The van der Waals surface area contributed by atoms with E-state index in [4.69, 9.17) is 23.2 Å². The number of halogens is 2. The van der Waals surface area contributed by atoms with E-state index in [0.29, 0.717) is 36.9 Å². The van der Waals surface area contributed by atoms with Gasteiger partial charge >= 0.3 is 0 Å². The van der Waals surface area contributed by atoms with Crippen LogP contribution in [-0.4, -0.2) is 49.9 Å². The second-order valence-electron chi connectivity index (χ2n) is 7.34. The van der Waals surface area contributed by atoms with Crippen LogP contribution in [-0.2, 0) is 10.0 Å². The lowest BCUT2D eigenvalue weighted by atomic mass is 10.2. The minimum atomic E-state index is -3.68. The second kappa shape index (κ2) is 8.22. The third-order valence-corrected chi connectivity index (χ3v) is 7.88. The van der Waals surface area contributed by atoms with Gasteiger partial charge in [0.25, 0.3) is 5.69 Å². The summed E-state index contributed by atoms with van der Waals surface area (Å²) in [6, 6.07) is 9.54. The summed E-state index contributed by atoms with van der Waals surface area (Å²) in [6.45, 7) is 1.54. The number of rotatable bonds is 6. The summed E-state index contributed by atoms with van der Waals surface area (Å²) in [6.07, 6.45) is 2.01. The second-order valence-corrected chi connectivity index (χ2v) is 10.1. The van der Waals surface area contributed by atoms with Gasteiger partial charge < -0.3 is 10.2 Å². The van der Waals surface area contributed by atoms with Crippen molar-refractivity contribution in [3.63, 3.8) is 0 Å². The Morgan fingerprint density at radius 2 is 1.70 bits per heavy atom. The van der Waals surface area contributed by atoms with Gasteiger partial charge in [0, 0.05) is 44.0 Å². The fourth-order valence-corrected chi connectivity index (χ4v) is 5.23. The minimum Gasteiger partial charge on any atom is -0.377 e. The van der Waals surface area contributed by atoms with Gasteiger partial charge in [-0.3, -0.25) is 10.1 Å². The lowest BCUT2D eigenvalue weighted by Gasteiger charge is -2.35. The smallest absolute Gasteiger partial charge is 0.292 e. The Hall–Kier alpha value is -2.07. The zero-order valence-corrected chi connectivity index (χ0v) is 18.3. The van der Waals surface area contributed by atoms with E-state index in [1.54, 1.807) is 12.1 Å². The number of nitro benzene ring substituents is 1. The topological polar surface area (TPSA) is 95.8 Å². The molecule has 2 aromatic carbocycles. The predicted octanol–water partition coefficient (Wildman–Crippen LogP) is 3.99. The molecule has 2 aromatic rings. The lowest BCUT2D eigenvalue weighted by molar-refractivity contribution is -0.384. The van der Waals surface area contributed by atoms with Crippen LogP contribution in [0.2, 0.25) is 10.0 Å². The normalized spacial score (nSPS) is 17.7. The molecule has 0 radical (unpaired) electrons. The van der Waals surface area contributed by atoms with Crippen molar-refractivity contribution in [2.24, 2.45) is 0 Å². The summed E-state index contributed by atoms with van der Waals surface area (Å²) in [5.41, 5.74) is 1.38.